The van der Waals surface area contributed by atoms with E-state index >= 15 is 0 Å². The fourth-order valence-electron chi connectivity index (χ4n) is 4.44. The lowest BCUT2D eigenvalue weighted by Gasteiger charge is -2.42. The summed E-state index contributed by atoms with van der Waals surface area (Å²) < 4.78 is 37.5. The van der Waals surface area contributed by atoms with Gasteiger partial charge in [-0.3, -0.25) is 0 Å². The Balaban J connectivity index is 1.21. The van der Waals surface area contributed by atoms with Crippen molar-refractivity contribution in [3.05, 3.63) is 65.5 Å². The maximum absolute atomic E-state index is 13.2. The Morgan fingerprint density at radius 3 is 2.31 bits per heavy atom. The summed E-state index contributed by atoms with van der Waals surface area (Å²) in [6.45, 7) is 3.49. The molecule has 0 N–H and O–H groups in total. The molecule has 0 saturated carbocycles. The van der Waals surface area contributed by atoms with Crippen molar-refractivity contribution >= 4 is 0 Å². The van der Waals surface area contributed by atoms with Crippen LogP contribution in [0, 0.1) is 5.82 Å². The quantitative estimate of drug-likeness (QED) is 0.375. The van der Waals surface area contributed by atoms with E-state index in [4.69, 9.17) is 18.9 Å². The maximum atomic E-state index is 13.2. The van der Waals surface area contributed by atoms with Gasteiger partial charge in [-0.1, -0.05) is 63.3 Å². The second-order valence-corrected chi connectivity index (χ2v) is 8.82. The molecule has 2 saturated heterocycles. The van der Waals surface area contributed by atoms with Crippen LogP contribution < -0.4 is 4.74 Å². The van der Waals surface area contributed by atoms with Gasteiger partial charge in [0.05, 0.1) is 25.4 Å². The van der Waals surface area contributed by atoms with E-state index in [9.17, 15) is 4.39 Å². The molecule has 2 aliphatic rings. The van der Waals surface area contributed by atoms with E-state index in [-0.39, 0.29) is 30.4 Å². The summed E-state index contributed by atoms with van der Waals surface area (Å²) >= 11 is 0. The van der Waals surface area contributed by atoms with Crippen LogP contribution in [0.4, 0.5) is 4.39 Å². The minimum absolute atomic E-state index is 0.00841. The van der Waals surface area contributed by atoms with Crippen LogP contribution in [0.3, 0.4) is 0 Å². The average molecular weight is 443 g/mol. The number of unbranched alkanes of at least 4 members (excludes halogenated alkanes) is 5. The molecule has 32 heavy (non-hydrogen) atoms. The van der Waals surface area contributed by atoms with Crippen molar-refractivity contribution in [1.82, 2.24) is 0 Å². The van der Waals surface area contributed by atoms with Crippen LogP contribution >= 0.6 is 0 Å². The molecule has 2 fully saturated rings. The molecule has 4 nitrogen and oxygen atoms in total. The second kappa shape index (κ2) is 11.8. The van der Waals surface area contributed by atoms with Gasteiger partial charge in [0, 0.05) is 5.56 Å². The zero-order chi connectivity index (χ0) is 22.2. The van der Waals surface area contributed by atoms with Crippen LogP contribution in [0.5, 0.6) is 5.75 Å². The van der Waals surface area contributed by atoms with E-state index < -0.39 is 0 Å². The van der Waals surface area contributed by atoms with Gasteiger partial charge < -0.3 is 18.9 Å². The van der Waals surface area contributed by atoms with E-state index in [0.717, 1.165) is 42.7 Å². The first-order valence-corrected chi connectivity index (χ1v) is 12.1. The molecule has 0 radical (unpaired) electrons. The van der Waals surface area contributed by atoms with Crippen molar-refractivity contribution in [2.45, 2.75) is 82.9 Å². The molecule has 5 heteroatoms. The summed E-state index contributed by atoms with van der Waals surface area (Å²) in [7, 11) is 0. The fourth-order valence-corrected chi connectivity index (χ4v) is 4.44. The number of benzene rings is 2. The Kier molecular flexibility index (Phi) is 8.55. The monoisotopic (exact) mass is 442 g/mol. The number of hydrogen-bond donors (Lipinski definition) is 0. The highest BCUT2D eigenvalue weighted by Gasteiger charge is 2.38. The lowest BCUT2D eigenvalue weighted by atomic mass is 9.96. The largest absolute Gasteiger partial charge is 0.494 e. The number of ether oxygens (including phenoxy) is 4. The fraction of sp³-hybridized carbons (Fsp3) is 0.556. The molecular formula is C27H35FO4. The van der Waals surface area contributed by atoms with Gasteiger partial charge in [-0.05, 0) is 49.1 Å². The highest BCUT2D eigenvalue weighted by Crippen LogP contribution is 2.38. The molecule has 0 spiro atoms. The van der Waals surface area contributed by atoms with Gasteiger partial charge in [0.15, 0.2) is 6.29 Å². The van der Waals surface area contributed by atoms with Crippen molar-refractivity contribution in [2.75, 3.05) is 13.2 Å². The molecule has 4 atom stereocenters. The molecule has 0 amide bonds. The van der Waals surface area contributed by atoms with Gasteiger partial charge in [0.1, 0.15) is 17.7 Å². The first kappa shape index (κ1) is 23.2. The third kappa shape index (κ3) is 6.31. The summed E-state index contributed by atoms with van der Waals surface area (Å²) in [6.07, 6.45) is 8.80. The predicted octanol–water partition coefficient (Wildman–Crippen LogP) is 6.90. The third-order valence-electron chi connectivity index (χ3n) is 6.34. The predicted molar refractivity (Wildman–Crippen MR) is 122 cm³/mol. The van der Waals surface area contributed by atoms with Gasteiger partial charge in [0.2, 0.25) is 0 Å². The van der Waals surface area contributed by atoms with Crippen molar-refractivity contribution in [1.29, 1.82) is 0 Å². The molecule has 2 aromatic rings. The molecule has 0 aliphatic carbocycles. The smallest absolute Gasteiger partial charge is 0.184 e. The zero-order valence-corrected chi connectivity index (χ0v) is 19.0. The first-order valence-electron chi connectivity index (χ1n) is 12.1. The molecule has 2 aliphatic heterocycles. The summed E-state index contributed by atoms with van der Waals surface area (Å²) in [6, 6.07) is 14.6. The van der Waals surface area contributed by atoms with Crippen molar-refractivity contribution in [2.24, 2.45) is 0 Å². The van der Waals surface area contributed by atoms with Gasteiger partial charge in [-0.15, -0.1) is 0 Å². The Labute approximate surface area is 191 Å². The SMILES string of the molecule is CCCCCCCCOc1ccc([C@@H]2OC[C@H]3O[C@@H](c4ccc(F)cc4)CC[C@@H]3O2)cc1. The van der Waals surface area contributed by atoms with E-state index in [0.29, 0.717) is 6.61 Å². The zero-order valence-electron chi connectivity index (χ0n) is 19.0. The van der Waals surface area contributed by atoms with Crippen molar-refractivity contribution in [3.8, 4) is 5.75 Å². The number of rotatable bonds is 10. The topological polar surface area (TPSA) is 36.9 Å². The standard InChI is InChI=1S/C27H35FO4/c1-2-3-4-5-6-7-18-29-23-14-10-21(11-15-23)27-30-19-26-25(32-27)17-16-24(31-26)20-8-12-22(28)13-9-20/h8-15,24-27H,2-7,16-19H2,1H3/t24-,25+,26-,27-/m1/s1. The van der Waals surface area contributed by atoms with Crippen LogP contribution in [-0.2, 0) is 14.2 Å². The molecular weight excluding hydrogens is 407 g/mol. The van der Waals surface area contributed by atoms with Gasteiger partial charge in [-0.2, -0.15) is 0 Å². The van der Waals surface area contributed by atoms with Crippen LogP contribution in [0.25, 0.3) is 0 Å². The summed E-state index contributed by atoms with van der Waals surface area (Å²) in [5.74, 6) is 0.660. The molecule has 2 heterocycles. The highest BCUT2D eigenvalue weighted by atomic mass is 19.1. The molecule has 0 aromatic heterocycles. The van der Waals surface area contributed by atoms with Crippen molar-refractivity contribution in [3.63, 3.8) is 0 Å². The molecule has 174 valence electrons. The molecule has 2 aromatic carbocycles. The minimum atomic E-state index is -0.380. The lowest BCUT2D eigenvalue weighted by Crippen LogP contribution is -2.45. The van der Waals surface area contributed by atoms with Crippen LogP contribution in [0.15, 0.2) is 48.5 Å². The van der Waals surface area contributed by atoms with Gasteiger partial charge >= 0.3 is 0 Å². The summed E-state index contributed by atoms with van der Waals surface area (Å²) in [5.41, 5.74) is 2.00. The number of hydrogen-bond acceptors (Lipinski definition) is 4. The van der Waals surface area contributed by atoms with Crippen molar-refractivity contribution < 1.29 is 23.3 Å². The van der Waals surface area contributed by atoms with E-state index in [2.05, 4.69) is 6.92 Å². The lowest BCUT2D eigenvalue weighted by molar-refractivity contribution is -0.289. The number of halogens is 1. The molecule has 4 rings (SSSR count). The van der Waals surface area contributed by atoms with Gasteiger partial charge in [0.25, 0.3) is 0 Å². The number of fused-ring (bicyclic) bond motifs is 1. The van der Waals surface area contributed by atoms with Crippen LogP contribution in [-0.4, -0.2) is 25.4 Å². The Morgan fingerprint density at radius 1 is 0.812 bits per heavy atom. The van der Waals surface area contributed by atoms with Crippen LogP contribution in [0.2, 0.25) is 0 Å². The average Bonchev–Trinajstić information content (AvgIpc) is 2.84. The Bertz CT molecular complexity index is 807. The van der Waals surface area contributed by atoms with Gasteiger partial charge in [-0.25, -0.2) is 4.39 Å². The normalized spacial score (nSPS) is 25.3. The van der Waals surface area contributed by atoms with E-state index in [1.165, 1.54) is 44.2 Å². The molecule has 0 bridgehead atoms. The Morgan fingerprint density at radius 2 is 1.53 bits per heavy atom. The minimum Gasteiger partial charge on any atom is -0.494 e. The highest BCUT2D eigenvalue weighted by molar-refractivity contribution is 5.28. The Hall–Kier alpha value is -1.95. The molecule has 0 unspecified atom stereocenters. The van der Waals surface area contributed by atoms with Crippen LogP contribution in [0.1, 0.15) is 81.8 Å². The van der Waals surface area contributed by atoms with E-state index in [1.807, 2.05) is 24.3 Å². The van der Waals surface area contributed by atoms with E-state index in [1.54, 1.807) is 12.1 Å². The second-order valence-electron chi connectivity index (χ2n) is 8.82. The summed E-state index contributed by atoms with van der Waals surface area (Å²) in [5, 5.41) is 0. The maximum Gasteiger partial charge on any atom is 0.184 e. The third-order valence-corrected chi connectivity index (χ3v) is 6.34. The first-order chi connectivity index (χ1) is 15.7. The summed E-state index contributed by atoms with van der Waals surface area (Å²) in [4.78, 5) is 0.